The Labute approximate surface area is 75.5 Å². The Kier molecular flexibility index (Phi) is 5.86. The molecule has 2 nitrogen and oxygen atoms in total. The maximum Gasteiger partial charge on any atom is 0.0598 e. The molecule has 2 heteroatoms. The Morgan fingerprint density at radius 3 is 1.17 bits per heavy atom. The van der Waals surface area contributed by atoms with Gasteiger partial charge in [-0.1, -0.05) is 38.5 Å². The fourth-order valence-electron chi connectivity index (χ4n) is 1.57. The third-order valence-corrected chi connectivity index (χ3v) is 2.37. The zero-order chi connectivity index (χ0) is 8.49. The van der Waals surface area contributed by atoms with Crippen LogP contribution < -0.4 is 0 Å². The van der Waals surface area contributed by atoms with Gasteiger partial charge in [-0.2, -0.15) is 10.2 Å². The Hall–Kier alpha value is -0.400. The summed E-state index contributed by atoms with van der Waals surface area (Å²) in [5.74, 6) is 0. The molecule has 70 valence electrons. The molecular weight excluding hydrogens is 148 g/mol. The first kappa shape index (κ1) is 9.69. The zero-order valence-corrected chi connectivity index (χ0v) is 7.97. The van der Waals surface area contributed by atoms with E-state index < -0.39 is 0 Å². The van der Waals surface area contributed by atoms with Gasteiger partial charge in [0.05, 0.1) is 13.1 Å². The van der Waals surface area contributed by atoms with Crippen LogP contribution in [0.5, 0.6) is 0 Å². The van der Waals surface area contributed by atoms with Crippen LogP contribution in [0.15, 0.2) is 10.2 Å². The van der Waals surface area contributed by atoms with Crippen molar-refractivity contribution in [1.29, 1.82) is 0 Å². The molecule has 1 rings (SSSR count). The summed E-state index contributed by atoms with van der Waals surface area (Å²) >= 11 is 0. The van der Waals surface area contributed by atoms with Crippen molar-refractivity contribution in [3.8, 4) is 0 Å². The smallest absolute Gasteiger partial charge is 0.0598 e. The van der Waals surface area contributed by atoms with Gasteiger partial charge in [-0.05, 0) is 12.8 Å². The van der Waals surface area contributed by atoms with Gasteiger partial charge in [-0.15, -0.1) is 0 Å². The molecule has 1 aliphatic heterocycles. The van der Waals surface area contributed by atoms with Crippen LogP contribution >= 0.6 is 0 Å². The largest absolute Gasteiger partial charge is 0.194 e. The maximum atomic E-state index is 4.13. The number of hydrogen-bond acceptors (Lipinski definition) is 2. The fourth-order valence-corrected chi connectivity index (χ4v) is 1.57. The number of azo groups is 1. The van der Waals surface area contributed by atoms with E-state index in [0.29, 0.717) is 0 Å². The summed E-state index contributed by atoms with van der Waals surface area (Å²) in [6, 6.07) is 0. The summed E-state index contributed by atoms with van der Waals surface area (Å²) in [4.78, 5) is 0. The van der Waals surface area contributed by atoms with E-state index in [0.717, 1.165) is 13.1 Å². The predicted octanol–water partition coefficient (Wildman–Crippen LogP) is 3.57. The lowest BCUT2D eigenvalue weighted by atomic mass is 10.1. The average Bonchev–Trinajstić information content (AvgIpc) is 2.05. The quantitative estimate of drug-likeness (QED) is 0.528. The molecule has 0 unspecified atom stereocenters. The molecule has 1 aliphatic rings. The minimum Gasteiger partial charge on any atom is -0.194 e. The third-order valence-electron chi connectivity index (χ3n) is 2.37. The monoisotopic (exact) mass is 168 g/mol. The lowest BCUT2D eigenvalue weighted by Crippen LogP contribution is -1.87. The maximum absolute atomic E-state index is 4.13. The SMILES string of the molecule is C1CCCCC/N=N/CCCC1. The second-order valence-electron chi connectivity index (χ2n) is 3.56. The van der Waals surface area contributed by atoms with E-state index in [1.807, 2.05) is 0 Å². The van der Waals surface area contributed by atoms with E-state index >= 15 is 0 Å². The summed E-state index contributed by atoms with van der Waals surface area (Å²) < 4.78 is 0. The van der Waals surface area contributed by atoms with Crippen LogP contribution in [-0.2, 0) is 0 Å². The molecule has 0 saturated heterocycles. The molecule has 0 bridgehead atoms. The minimum atomic E-state index is 0.958. The van der Waals surface area contributed by atoms with Crippen molar-refractivity contribution in [3.05, 3.63) is 0 Å². The van der Waals surface area contributed by atoms with Crippen LogP contribution in [0.2, 0.25) is 0 Å². The molecule has 0 aliphatic carbocycles. The van der Waals surface area contributed by atoms with Gasteiger partial charge >= 0.3 is 0 Å². The number of nitrogens with zero attached hydrogens (tertiary/aromatic N) is 2. The van der Waals surface area contributed by atoms with Crippen LogP contribution in [0.4, 0.5) is 0 Å². The van der Waals surface area contributed by atoms with E-state index in [-0.39, 0.29) is 0 Å². The van der Waals surface area contributed by atoms with Gasteiger partial charge in [0.1, 0.15) is 0 Å². The Balaban J connectivity index is 2.10. The molecule has 0 saturated carbocycles. The van der Waals surface area contributed by atoms with Crippen LogP contribution in [0.1, 0.15) is 51.4 Å². The van der Waals surface area contributed by atoms with Crippen LogP contribution in [0.3, 0.4) is 0 Å². The molecule has 0 atom stereocenters. The lowest BCUT2D eigenvalue weighted by molar-refractivity contribution is 0.555. The third kappa shape index (κ3) is 5.28. The first-order valence-corrected chi connectivity index (χ1v) is 5.33. The number of rotatable bonds is 0. The van der Waals surface area contributed by atoms with Crippen molar-refractivity contribution in [1.82, 2.24) is 0 Å². The summed E-state index contributed by atoms with van der Waals surface area (Å²) in [6.07, 6.45) is 10.8. The van der Waals surface area contributed by atoms with E-state index in [1.165, 1.54) is 51.4 Å². The lowest BCUT2D eigenvalue weighted by Gasteiger charge is -2.01. The van der Waals surface area contributed by atoms with Crippen molar-refractivity contribution >= 4 is 0 Å². The van der Waals surface area contributed by atoms with Gasteiger partial charge in [-0.25, -0.2) is 0 Å². The second-order valence-corrected chi connectivity index (χ2v) is 3.56. The zero-order valence-electron chi connectivity index (χ0n) is 7.97. The van der Waals surface area contributed by atoms with Crippen LogP contribution in [-0.4, -0.2) is 13.1 Å². The highest BCUT2D eigenvalue weighted by Gasteiger charge is 1.93. The minimum absolute atomic E-state index is 0.958. The Morgan fingerprint density at radius 2 is 0.750 bits per heavy atom. The van der Waals surface area contributed by atoms with E-state index in [2.05, 4.69) is 10.2 Å². The molecule has 0 spiro atoms. The second kappa shape index (κ2) is 7.26. The van der Waals surface area contributed by atoms with Gasteiger partial charge in [0.15, 0.2) is 0 Å². The normalized spacial score (nSPS) is 25.3. The molecule has 0 radical (unpaired) electrons. The predicted molar refractivity (Wildman–Crippen MR) is 51.5 cm³/mol. The molecule has 0 fully saturated rings. The molecule has 0 aromatic heterocycles. The summed E-state index contributed by atoms with van der Waals surface area (Å²) in [5.41, 5.74) is 0. The number of hydrogen-bond donors (Lipinski definition) is 0. The van der Waals surface area contributed by atoms with Crippen molar-refractivity contribution in [2.75, 3.05) is 13.1 Å². The van der Waals surface area contributed by atoms with Crippen molar-refractivity contribution < 1.29 is 0 Å². The summed E-state index contributed by atoms with van der Waals surface area (Å²) in [5, 5.41) is 8.26. The topological polar surface area (TPSA) is 24.7 Å². The summed E-state index contributed by atoms with van der Waals surface area (Å²) in [6.45, 7) is 1.92. The van der Waals surface area contributed by atoms with Crippen LogP contribution in [0.25, 0.3) is 0 Å². The first-order valence-electron chi connectivity index (χ1n) is 5.33. The van der Waals surface area contributed by atoms with Crippen molar-refractivity contribution in [2.24, 2.45) is 10.2 Å². The van der Waals surface area contributed by atoms with Crippen LogP contribution in [0, 0.1) is 0 Å². The molecule has 1 heterocycles. The molecule has 0 amide bonds. The molecular formula is C10H20N2. The highest BCUT2D eigenvalue weighted by Crippen LogP contribution is 2.09. The Morgan fingerprint density at radius 1 is 0.417 bits per heavy atom. The van der Waals surface area contributed by atoms with Crippen molar-refractivity contribution in [3.63, 3.8) is 0 Å². The van der Waals surface area contributed by atoms with E-state index in [4.69, 9.17) is 0 Å². The average molecular weight is 168 g/mol. The molecule has 0 aromatic rings. The first-order chi connectivity index (χ1) is 6.00. The van der Waals surface area contributed by atoms with Gasteiger partial charge in [0.25, 0.3) is 0 Å². The standard InChI is InChI=1S/C10H20N2/c1-2-4-6-8-10-12-11-9-7-5-3-1/h1-10H2/b12-11+. The summed E-state index contributed by atoms with van der Waals surface area (Å²) in [7, 11) is 0. The fraction of sp³-hybridized carbons (Fsp3) is 1.00. The van der Waals surface area contributed by atoms with Gasteiger partial charge in [0, 0.05) is 0 Å². The molecule has 0 N–H and O–H groups in total. The van der Waals surface area contributed by atoms with Crippen molar-refractivity contribution in [2.45, 2.75) is 51.4 Å². The van der Waals surface area contributed by atoms with E-state index in [1.54, 1.807) is 0 Å². The molecule has 0 aromatic carbocycles. The highest BCUT2D eigenvalue weighted by molar-refractivity contribution is 4.51. The Bertz CT molecular complexity index is 107. The van der Waals surface area contributed by atoms with Gasteiger partial charge in [-0.3, -0.25) is 0 Å². The van der Waals surface area contributed by atoms with Gasteiger partial charge in [0.2, 0.25) is 0 Å². The van der Waals surface area contributed by atoms with Gasteiger partial charge < -0.3 is 0 Å². The van der Waals surface area contributed by atoms with E-state index in [9.17, 15) is 0 Å². The highest BCUT2D eigenvalue weighted by atomic mass is 15.1. The molecule has 12 heavy (non-hydrogen) atoms.